The largest absolute Gasteiger partial charge is 0.492 e. The van der Waals surface area contributed by atoms with Crippen LogP contribution in [0.2, 0.25) is 0 Å². The monoisotopic (exact) mass is 391 g/mol. The molecule has 1 aromatic rings. The van der Waals surface area contributed by atoms with E-state index in [-0.39, 0.29) is 24.8 Å². The van der Waals surface area contributed by atoms with Crippen LogP contribution < -0.4 is 15.0 Å². The van der Waals surface area contributed by atoms with Gasteiger partial charge in [-0.2, -0.15) is 0 Å². The molecule has 2 fully saturated rings. The highest BCUT2D eigenvalue weighted by Crippen LogP contribution is 2.29. The van der Waals surface area contributed by atoms with Gasteiger partial charge in [0.2, 0.25) is 0 Å². The van der Waals surface area contributed by atoms with Crippen molar-refractivity contribution >= 4 is 30.5 Å². The van der Waals surface area contributed by atoms with Gasteiger partial charge in [0, 0.05) is 39.3 Å². The van der Waals surface area contributed by atoms with Crippen molar-refractivity contribution in [2.45, 2.75) is 25.4 Å². The Morgan fingerprint density at radius 1 is 1.16 bits per heavy atom. The second-order valence-corrected chi connectivity index (χ2v) is 6.67. The summed E-state index contributed by atoms with van der Waals surface area (Å²) in [5.41, 5.74) is 0.635. The SMILES string of the molecule is CCOc1ccccc1N1CCN(CC2(O)CCCNC2)CC1.Cl.Cl. The minimum absolute atomic E-state index is 0. The van der Waals surface area contributed by atoms with Crippen LogP contribution in [0.4, 0.5) is 5.69 Å². The molecule has 0 saturated carbocycles. The quantitative estimate of drug-likeness (QED) is 0.805. The highest BCUT2D eigenvalue weighted by Gasteiger charge is 2.32. The van der Waals surface area contributed by atoms with Crippen LogP contribution in [0, 0.1) is 0 Å². The van der Waals surface area contributed by atoms with Crippen molar-refractivity contribution in [1.82, 2.24) is 10.2 Å². The van der Waals surface area contributed by atoms with E-state index < -0.39 is 5.60 Å². The lowest BCUT2D eigenvalue weighted by atomic mass is 9.93. The molecule has 1 atom stereocenters. The van der Waals surface area contributed by atoms with E-state index in [9.17, 15) is 5.11 Å². The van der Waals surface area contributed by atoms with E-state index in [1.165, 1.54) is 5.69 Å². The maximum atomic E-state index is 10.7. The number of hydrogen-bond acceptors (Lipinski definition) is 5. The summed E-state index contributed by atoms with van der Waals surface area (Å²) >= 11 is 0. The van der Waals surface area contributed by atoms with Crippen molar-refractivity contribution in [2.75, 3.05) is 57.3 Å². The van der Waals surface area contributed by atoms with E-state index in [1.807, 2.05) is 19.1 Å². The second-order valence-electron chi connectivity index (χ2n) is 6.67. The third kappa shape index (κ3) is 5.90. The van der Waals surface area contributed by atoms with Gasteiger partial charge in [-0.15, -0.1) is 24.8 Å². The third-order valence-electron chi connectivity index (χ3n) is 4.85. The van der Waals surface area contributed by atoms with Gasteiger partial charge >= 0.3 is 0 Å². The van der Waals surface area contributed by atoms with Crippen LogP contribution >= 0.6 is 24.8 Å². The maximum Gasteiger partial charge on any atom is 0.142 e. The molecule has 0 bridgehead atoms. The Morgan fingerprint density at radius 2 is 1.88 bits per heavy atom. The van der Waals surface area contributed by atoms with Gasteiger partial charge in [-0.05, 0) is 38.4 Å². The number of piperidine rings is 1. The molecule has 1 aromatic carbocycles. The average Bonchev–Trinajstić information content (AvgIpc) is 2.57. The maximum absolute atomic E-state index is 10.7. The summed E-state index contributed by atoms with van der Waals surface area (Å²) in [4.78, 5) is 4.79. The number of piperazine rings is 1. The van der Waals surface area contributed by atoms with Crippen LogP contribution in [0.15, 0.2) is 24.3 Å². The molecule has 144 valence electrons. The topological polar surface area (TPSA) is 48.0 Å². The molecule has 0 spiro atoms. The minimum Gasteiger partial charge on any atom is -0.492 e. The van der Waals surface area contributed by atoms with Crippen molar-refractivity contribution in [1.29, 1.82) is 0 Å². The Bertz CT molecular complexity index is 505. The summed E-state index contributed by atoms with van der Waals surface area (Å²) in [5, 5.41) is 14.0. The van der Waals surface area contributed by atoms with Gasteiger partial charge in [-0.25, -0.2) is 0 Å². The lowest BCUT2D eigenvalue weighted by Crippen LogP contribution is -2.56. The van der Waals surface area contributed by atoms with Gasteiger partial charge < -0.3 is 20.1 Å². The van der Waals surface area contributed by atoms with Crippen LogP contribution in [0.3, 0.4) is 0 Å². The first-order valence-electron chi connectivity index (χ1n) is 8.82. The summed E-state index contributed by atoms with van der Waals surface area (Å²) in [6, 6.07) is 8.28. The molecule has 0 aliphatic carbocycles. The fourth-order valence-corrected chi connectivity index (χ4v) is 3.65. The number of rotatable bonds is 5. The van der Waals surface area contributed by atoms with Gasteiger partial charge in [0.05, 0.1) is 17.9 Å². The molecule has 0 radical (unpaired) electrons. The van der Waals surface area contributed by atoms with E-state index in [2.05, 4.69) is 27.2 Å². The first-order valence-corrected chi connectivity index (χ1v) is 8.82. The van der Waals surface area contributed by atoms with Gasteiger partial charge in [0.1, 0.15) is 5.75 Å². The first kappa shape index (κ1) is 22.3. The normalized spacial score (nSPS) is 24.2. The highest BCUT2D eigenvalue weighted by atomic mass is 35.5. The molecule has 2 heterocycles. The number of nitrogens with zero attached hydrogens (tertiary/aromatic N) is 2. The van der Waals surface area contributed by atoms with Gasteiger partial charge in [0.25, 0.3) is 0 Å². The Kier molecular flexibility index (Phi) is 9.32. The molecule has 25 heavy (non-hydrogen) atoms. The molecule has 7 heteroatoms. The molecule has 2 saturated heterocycles. The number of halogens is 2. The van der Waals surface area contributed by atoms with Crippen LogP contribution in [-0.4, -0.2) is 68.0 Å². The second kappa shape index (κ2) is 10.4. The molecule has 0 aromatic heterocycles. The predicted octanol–water partition coefficient (Wildman–Crippen LogP) is 2.17. The van der Waals surface area contributed by atoms with Gasteiger partial charge in [-0.1, -0.05) is 12.1 Å². The zero-order valence-electron chi connectivity index (χ0n) is 14.9. The summed E-state index contributed by atoms with van der Waals surface area (Å²) in [5.74, 6) is 0.971. The number of hydrogen-bond donors (Lipinski definition) is 2. The number of aliphatic hydroxyl groups is 1. The molecule has 3 rings (SSSR count). The molecule has 5 nitrogen and oxygen atoms in total. The lowest BCUT2D eigenvalue weighted by Gasteiger charge is -2.42. The smallest absolute Gasteiger partial charge is 0.142 e. The van der Waals surface area contributed by atoms with E-state index in [0.717, 1.165) is 64.4 Å². The summed E-state index contributed by atoms with van der Waals surface area (Å²) in [7, 11) is 0. The van der Waals surface area contributed by atoms with Crippen LogP contribution in [-0.2, 0) is 0 Å². The number of para-hydroxylation sites is 2. The fourth-order valence-electron chi connectivity index (χ4n) is 3.65. The van der Waals surface area contributed by atoms with Crippen LogP contribution in [0.1, 0.15) is 19.8 Å². The fraction of sp³-hybridized carbons (Fsp3) is 0.667. The van der Waals surface area contributed by atoms with Gasteiger partial charge in [0.15, 0.2) is 0 Å². The van der Waals surface area contributed by atoms with E-state index in [1.54, 1.807) is 0 Å². The zero-order valence-corrected chi connectivity index (χ0v) is 16.6. The van der Waals surface area contributed by atoms with E-state index in [4.69, 9.17) is 4.74 Å². The molecular formula is C18H31Cl2N3O2. The van der Waals surface area contributed by atoms with Crippen molar-refractivity contribution in [3.05, 3.63) is 24.3 Å². The Morgan fingerprint density at radius 3 is 2.52 bits per heavy atom. The molecule has 2 aliphatic heterocycles. The number of benzene rings is 1. The van der Waals surface area contributed by atoms with E-state index in [0.29, 0.717) is 6.61 Å². The van der Waals surface area contributed by atoms with Crippen LogP contribution in [0.5, 0.6) is 5.75 Å². The number of anilines is 1. The summed E-state index contributed by atoms with van der Waals surface area (Å²) in [6.07, 6.45) is 1.98. The van der Waals surface area contributed by atoms with Crippen molar-refractivity contribution < 1.29 is 9.84 Å². The van der Waals surface area contributed by atoms with Crippen molar-refractivity contribution in [3.8, 4) is 5.75 Å². The molecule has 0 amide bonds. The molecule has 1 unspecified atom stereocenters. The zero-order chi connectivity index (χ0) is 16.1. The third-order valence-corrected chi connectivity index (χ3v) is 4.85. The highest BCUT2D eigenvalue weighted by molar-refractivity contribution is 5.85. The van der Waals surface area contributed by atoms with Gasteiger partial charge in [-0.3, -0.25) is 4.90 Å². The van der Waals surface area contributed by atoms with Crippen molar-refractivity contribution in [3.63, 3.8) is 0 Å². The summed E-state index contributed by atoms with van der Waals surface area (Å²) in [6.45, 7) is 9.18. The standard InChI is InChI=1S/C18H29N3O2.2ClH/c1-2-23-17-7-4-3-6-16(17)21-12-10-20(11-13-21)15-18(22)8-5-9-19-14-18;;/h3-4,6-7,19,22H,2,5,8-15H2,1H3;2*1H. The first-order chi connectivity index (χ1) is 11.2. The Balaban J connectivity index is 0.00000156. The van der Waals surface area contributed by atoms with Crippen molar-refractivity contribution in [2.24, 2.45) is 0 Å². The number of ether oxygens (including phenoxy) is 1. The molecule has 2 aliphatic rings. The Labute approximate surface area is 163 Å². The Hall–Kier alpha value is -0.720. The number of β-amino-alcohol motifs (C(OH)–C–C–N with tert-alkyl or cyclic N) is 1. The lowest BCUT2D eigenvalue weighted by molar-refractivity contribution is -0.0164. The minimum atomic E-state index is -0.552. The number of nitrogens with one attached hydrogen (secondary N) is 1. The predicted molar refractivity (Wildman–Crippen MR) is 108 cm³/mol. The average molecular weight is 392 g/mol. The summed E-state index contributed by atoms with van der Waals surface area (Å²) < 4.78 is 5.75. The van der Waals surface area contributed by atoms with Crippen LogP contribution in [0.25, 0.3) is 0 Å². The molecular weight excluding hydrogens is 361 g/mol. The van der Waals surface area contributed by atoms with E-state index >= 15 is 0 Å². The molecule has 2 N–H and O–H groups in total.